The summed E-state index contributed by atoms with van der Waals surface area (Å²) in [6.07, 6.45) is 1.19. The molecule has 1 fully saturated rings. The van der Waals surface area contributed by atoms with Crippen LogP contribution in [0, 0.1) is 0 Å². The summed E-state index contributed by atoms with van der Waals surface area (Å²) in [6.45, 7) is 3.34. The van der Waals surface area contributed by atoms with Crippen molar-refractivity contribution in [3.05, 3.63) is 34.3 Å². The number of nitrogens with zero attached hydrogens (tertiary/aromatic N) is 1. The van der Waals surface area contributed by atoms with E-state index in [1.807, 2.05) is 0 Å². The van der Waals surface area contributed by atoms with Crippen molar-refractivity contribution in [1.82, 2.24) is 10.2 Å². The molecular weight excluding hydrogens is 252 g/mol. The molecule has 1 aliphatic heterocycles. The van der Waals surface area contributed by atoms with Gasteiger partial charge in [0.15, 0.2) is 0 Å². The summed E-state index contributed by atoms with van der Waals surface area (Å²) in [7, 11) is 2.21. The lowest BCUT2D eigenvalue weighted by Gasteiger charge is -2.25. The molecular formula is C12H17BrN2. The lowest BCUT2D eigenvalue weighted by atomic mass is 10.0. The Hall–Kier alpha value is -0.380. The number of hydrogen-bond donors (Lipinski definition) is 1. The highest BCUT2D eigenvalue weighted by atomic mass is 79.9. The largest absolute Gasteiger partial charge is 0.315 e. The highest BCUT2D eigenvalue weighted by Gasteiger charge is 2.18. The van der Waals surface area contributed by atoms with Crippen molar-refractivity contribution in [2.45, 2.75) is 12.5 Å². The SMILES string of the molecule is CN1CCNCCC1c1ccc(Br)cc1. The maximum absolute atomic E-state index is 3.47. The third kappa shape index (κ3) is 2.80. The molecule has 0 saturated carbocycles. The van der Waals surface area contributed by atoms with E-state index < -0.39 is 0 Å². The Balaban J connectivity index is 2.16. The van der Waals surface area contributed by atoms with Crippen LogP contribution in [0.2, 0.25) is 0 Å². The van der Waals surface area contributed by atoms with Gasteiger partial charge in [0.05, 0.1) is 0 Å². The van der Waals surface area contributed by atoms with Crippen molar-refractivity contribution in [3.8, 4) is 0 Å². The number of halogens is 1. The van der Waals surface area contributed by atoms with E-state index in [1.54, 1.807) is 0 Å². The molecule has 2 rings (SSSR count). The zero-order chi connectivity index (χ0) is 10.7. The Labute approximate surface area is 99.8 Å². The molecule has 0 radical (unpaired) electrons. The minimum Gasteiger partial charge on any atom is -0.315 e. The summed E-state index contributed by atoms with van der Waals surface area (Å²) in [5.41, 5.74) is 1.42. The van der Waals surface area contributed by atoms with Crippen molar-refractivity contribution >= 4 is 15.9 Å². The van der Waals surface area contributed by atoms with Gasteiger partial charge in [-0.25, -0.2) is 0 Å². The van der Waals surface area contributed by atoms with E-state index in [0.29, 0.717) is 6.04 Å². The quantitative estimate of drug-likeness (QED) is 0.842. The van der Waals surface area contributed by atoms with E-state index >= 15 is 0 Å². The Morgan fingerprint density at radius 3 is 2.73 bits per heavy atom. The third-order valence-corrected chi connectivity index (χ3v) is 3.55. The Kier molecular flexibility index (Phi) is 3.78. The fourth-order valence-corrected chi connectivity index (χ4v) is 2.37. The van der Waals surface area contributed by atoms with Crippen molar-refractivity contribution in [3.63, 3.8) is 0 Å². The first kappa shape index (κ1) is 11.1. The van der Waals surface area contributed by atoms with Crippen LogP contribution >= 0.6 is 15.9 Å². The van der Waals surface area contributed by atoms with E-state index in [4.69, 9.17) is 0 Å². The van der Waals surface area contributed by atoms with E-state index in [0.717, 1.165) is 24.1 Å². The van der Waals surface area contributed by atoms with E-state index in [-0.39, 0.29) is 0 Å². The second-order valence-electron chi connectivity index (χ2n) is 4.09. The molecule has 0 spiro atoms. The lowest BCUT2D eigenvalue weighted by molar-refractivity contribution is 0.258. The summed E-state index contributed by atoms with van der Waals surface area (Å²) >= 11 is 3.47. The number of likely N-dealkylation sites (N-methyl/N-ethyl adjacent to an activating group) is 1. The van der Waals surface area contributed by atoms with Crippen molar-refractivity contribution in [2.75, 3.05) is 26.7 Å². The molecule has 1 aliphatic rings. The van der Waals surface area contributed by atoms with Crippen LogP contribution in [0.5, 0.6) is 0 Å². The molecule has 3 heteroatoms. The van der Waals surface area contributed by atoms with E-state index in [2.05, 4.69) is 57.5 Å². The second-order valence-corrected chi connectivity index (χ2v) is 5.00. The molecule has 15 heavy (non-hydrogen) atoms. The molecule has 82 valence electrons. The minimum atomic E-state index is 0.563. The van der Waals surface area contributed by atoms with Crippen LogP contribution < -0.4 is 5.32 Å². The third-order valence-electron chi connectivity index (χ3n) is 3.02. The Morgan fingerprint density at radius 2 is 2.00 bits per heavy atom. The van der Waals surface area contributed by atoms with Crippen molar-refractivity contribution < 1.29 is 0 Å². The smallest absolute Gasteiger partial charge is 0.0357 e. The summed E-state index contributed by atoms with van der Waals surface area (Å²) in [4.78, 5) is 2.43. The van der Waals surface area contributed by atoms with E-state index in [9.17, 15) is 0 Å². The van der Waals surface area contributed by atoms with Gasteiger partial charge in [0.25, 0.3) is 0 Å². The summed E-state index contributed by atoms with van der Waals surface area (Å²) in [6, 6.07) is 9.25. The number of hydrogen-bond acceptors (Lipinski definition) is 2. The van der Waals surface area contributed by atoms with Gasteiger partial charge in [-0.05, 0) is 37.7 Å². The zero-order valence-electron chi connectivity index (χ0n) is 9.04. The lowest BCUT2D eigenvalue weighted by Crippen LogP contribution is -2.26. The van der Waals surface area contributed by atoms with Gasteiger partial charge in [-0.3, -0.25) is 4.90 Å². The highest BCUT2D eigenvalue weighted by Crippen LogP contribution is 2.24. The predicted octanol–water partition coefficient (Wildman–Crippen LogP) is 2.42. The average molecular weight is 269 g/mol. The maximum atomic E-state index is 3.47. The number of nitrogens with one attached hydrogen (secondary N) is 1. The molecule has 0 amide bonds. The summed E-state index contributed by atoms with van der Waals surface area (Å²) in [5, 5.41) is 3.44. The zero-order valence-corrected chi connectivity index (χ0v) is 10.6. The Morgan fingerprint density at radius 1 is 1.27 bits per heavy atom. The van der Waals surface area contributed by atoms with Crippen molar-refractivity contribution in [1.29, 1.82) is 0 Å². The van der Waals surface area contributed by atoms with Crippen LogP contribution in [-0.2, 0) is 0 Å². The molecule has 1 saturated heterocycles. The van der Waals surface area contributed by atoms with Crippen LogP contribution in [0.25, 0.3) is 0 Å². The van der Waals surface area contributed by atoms with Gasteiger partial charge in [0.2, 0.25) is 0 Å². The topological polar surface area (TPSA) is 15.3 Å². The van der Waals surface area contributed by atoms with Crippen molar-refractivity contribution in [2.24, 2.45) is 0 Å². The van der Waals surface area contributed by atoms with Crippen LogP contribution in [0.3, 0.4) is 0 Å². The summed E-state index contributed by atoms with van der Waals surface area (Å²) in [5.74, 6) is 0. The molecule has 1 heterocycles. The average Bonchev–Trinajstić information content (AvgIpc) is 2.44. The van der Waals surface area contributed by atoms with Gasteiger partial charge in [-0.2, -0.15) is 0 Å². The van der Waals surface area contributed by atoms with Gasteiger partial charge in [-0.15, -0.1) is 0 Å². The molecule has 0 aromatic heterocycles. The predicted molar refractivity (Wildman–Crippen MR) is 67.0 cm³/mol. The molecule has 1 unspecified atom stereocenters. The molecule has 1 N–H and O–H groups in total. The van der Waals surface area contributed by atoms with Gasteiger partial charge < -0.3 is 5.32 Å². The first-order valence-electron chi connectivity index (χ1n) is 5.44. The molecule has 1 atom stereocenters. The van der Waals surface area contributed by atoms with Crippen LogP contribution in [0.15, 0.2) is 28.7 Å². The molecule has 1 aromatic carbocycles. The minimum absolute atomic E-state index is 0.563. The van der Waals surface area contributed by atoms with Gasteiger partial charge in [0, 0.05) is 23.6 Å². The first-order valence-corrected chi connectivity index (χ1v) is 6.23. The van der Waals surface area contributed by atoms with Crippen LogP contribution in [0.1, 0.15) is 18.0 Å². The van der Waals surface area contributed by atoms with Gasteiger partial charge in [0.1, 0.15) is 0 Å². The second kappa shape index (κ2) is 5.10. The molecule has 0 bridgehead atoms. The van der Waals surface area contributed by atoms with E-state index in [1.165, 1.54) is 12.0 Å². The van der Waals surface area contributed by atoms with Crippen LogP contribution in [0.4, 0.5) is 0 Å². The monoisotopic (exact) mass is 268 g/mol. The van der Waals surface area contributed by atoms with Gasteiger partial charge in [-0.1, -0.05) is 28.1 Å². The first-order chi connectivity index (χ1) is 7.27. The Bertz CT molecular complexity index is 310. The van der Waals surface area contributed by atoms with Gasteiger partial charge >= 0.3 is 0 Å². The molecule has 2 nitrogen and oxygen atoms in total. The summed E-state index contributed by atoms with van der Waals surface area (Å²) < 4.78 is 1.15. The molecule has 0 aliphatic carbocycles. The molecule has 1 aromatic rings. The standard InChI is InChI=1S/C12H17BrN2/c1-15-9-8-14-7-6-12(15)10-2-4-11(13)5-3-10/h2-5,12,14H,6-9H2,1H3. The number of rotatable bonds is 1. The van der Waals surface area contributed by atoms with Crippen LogP contribution in [-0.4, -0.2) is 31.6 Å². The maximum Gasteiger partial charge on any atom is 0.0357 e. The highest BCUT2D eigenvalue weighted by molar-refractivity contribution is 9.10. The fourth-order valence-electron chi connectivity index (χ4n) is 2.10. The fraction of sp³-hybridized carbons (Fsp3) is 0.500. The number of benzene rings is 1. The normalized spacial score (nSPS) is 23.7.